The highest BCUT2D eigenvalue weighted by atomic mass is 32.2. The first kappa shape index (κ1) is 18.6. The van der Waals surface area contributed by atoms with Gasteiger partial charge in [0.25, 0.3) is 0 Å². The summed E-state index contributed by atoms with van der Waals surface area (Å²) in [6, 6.07) is 3.59. The number of hydrogen-bond acceptors (Lipinski definition) is 6. The Morgan fingerprint density at radius 2 is 1.88 bits per heavy atom. The molecule has 1 heterocycles. The van der Waals surface area contributed by atoms with Crippen LogP contribution in [-0.4, -0.2) is 61.7 Å². The summed E-state index contributed by atoms with van der Waals surface area (Å²) in [5.41, 5.74) is -0.396. The van der Waals surface area contributed by atoms with Crippen LogP contribution in [0.15, 0.2) is 23.1 Å². The van der Waals surface area contributed by atoms with Crippen LogP contribution in [0, 0.1) is 16.0 Å². The molecule has 0 atom stereocenters. The summed E-state index contributed by atoms with van der Waals surface area (Å²) in [7, 11) is -2.58. The van der Waals surface area contributed by atoms with Crippen LogP contribution in [-0.2, 0) is 14.8 Å². The van der Waals surface area contributed by atoms with Crippen LogP contribution in [0.25, 0.3) is 0 Å². The fraction of sp³-hybridized carbons (Fsp3) is 0.562. The van der Waals surface area contributed by atoms with Crippen molar-refractivity contribution in [2.75, 3.05) is 33.3 Å². The Kier molecular flexibility index (Phi) is 5.15. The highest BCUT2D eigenvalue weighted by Gasteiger charge is 2.35. The molecule has 2 fully saturated rings. The van der Waals surface area contributed by atoms with Gasteiger partial charge in [0.2, 0.25) is 15.9 Å². The molecule has 0 radical (unpaired) electrons. The van der Waals surface area contributed by atoms with Gasteiger partial charge in [-0.1, -0.05) is 6.42 Å². The summed E-state index contributed by atoms with van der Waals surface area (Å²) < 4.78 is 31.8. The van der Waals surface area contributed by atoms with E-state index in [-0.39, 0.29) is 35.6 Å². The van der Waals surface area contributed by atoms with E-state index in [9.17, 15) is 23.3 Å². The molecular formula is C16H21N3O6S. The van der Waals surface area contributed by atoms with Crippen molar-refractivity contribution in [3.8, 4) is 5.75 Å². The number of nitro groups is 1. The second-order valence-electron chi connectivity index (χ2n) is 6.45. The number of benzene rings is 1. The second kappa shape index (κ2) is 7.20. The van der Waals surface area contributed by atoms with Gasteiger partial charge in [-0.25, -0.2) is 8.42 Å². The van der Waals surface area contributed by atoms with Crippen molar-refractivity contribution in [3.63, 3.8) is 0 Å². The standard InChI is InChI=1S/C16H21N3O6S/c1-25-15-6-5-13(11-14(15)19(21)22)26(23,24)18-9-7-17(8-10-18)16(20)12-3-2-4-12/h5-6,11-12H,2-4,7-10H2,1H3. The topological polar surface area (TPSA) is 110 Å². The average Bonchev–Trinajstić information content (AvgIpc) is 2.59. The van der Waals surface area contributed by atoms with Crippen LogP contribution in [0.5, 0.6) is 5.75 Å². The minimum absolute atomic E-state index is 0.00450. The number of ether oxygens (including phenoxy) is 1. The van der Waals surface area contributed by atoms with Crippen LogP contribution < -0.4 is 4.74 Å². The Bertz CT molecular complexity index is 813. The van der Waals surface area contributed by atoms with Crippen LogP contribution in [0.1, 0.15) is 19.3 Å². The second-order valence-corrected chi connectivity index (χ2v) is 8.39. The van der Waals surface area contributed by atoms with E-state index in [4.69, 9.17) is 4.74 Å². The predicted octanol–water partition coefficient (Wildman–Crippen LogP) is 1.24. The van der Waals surface area contributed by atoms with Crippen molar-refractivity contribution in [2.24, 2.45) is 5.92 Å². The van der Waals surface area contributed by atoms with Crippen molar-refractivity contribution < 1.29 is 22.9 Å². The van der Waals surface area contributed by atoms with E-state index in [1.54, 1.807) is 4.90 Å². The SMILES string of the molecule is COc1ccc(S(=O)(=O)N2CCN(C(=O)C3CCC3)CC2)cc1[N+](=O)[O-]. The molecule has 26 heavy (non-hydrogen) atoms. The van der Waals surface area contributed by atoms with Crippen molar-refractivity contribution >= 4 is 21.6 Å². The first-order valence-electron chi connectivity index (χ1n) is 8.46. The van der Waals surface area contributed by atoms with Gasteiger partial charge in [0.05, 0.1) is 16.9 Å². The van der Waals surface area contributed by atoms with Gasteiger partial charge in [-0.15, -0.1) is 0 Å². The third-order valence-electron chi connectivity index (χ3n) is 4.99. The molecule has 0 unspecified atom stereocenters. The molecule has 1 amide bonds. The summed E-state index contributed by atoms with van der Waals surface area (Å²) >= 11 is 0. The average molecular weight is 383 g/mol. The Morgan fingerprint density at radius 1 is 1.23 bits per heavy atom. The lowest BCUT2D eigenvalue weighted by molar-refractivity contribution is -0.386. The summed E-state index contributed by atoms with van der Waals surface area (Å²) in [6.45, 7) is 1.04. The molecule has 1 aromatic carbocycles. The van der Waals surface area contributed by atoms with E-state index < -0.39 is 20.6 Å². The summed E-state index contributed by atoms with van der Waals surface area (Å²) in [4.78, 5) is 24.3. The maximum absolute atomic E-state index is 12.8. The molecule has 0 aromatic heterocycles. The van der Waals surface area contributed by atoms with Gasteiger partial charge in [-0.3, -0.25) is 14.9 Å². The fourth-order valence-corrected chi connectivity index (χ4v) is 4.63. The predicted molar refractivity (Wildman–Crippen MR) is 92.3 cm³/mol. The third-order valence-corrected chi connectivity index (χ3v) is 6.88. The summed E-state index contributed by atoms with van der Waals surface area (Å²) in [5.74, 6) is 0.195. The summed E-state index contributed by atoms with van der Waals surface area (Å²) in [5, 5.41) is 11.1. The number of rotatable bonds is 5. The molecule has 0 N–H and O–H groups in total. The molecule has 0 bridgehead atoms. The van der Waals surface area contributed by atoms with Crippen LogP contribution in [0.4, 0.5) is 5.69 Å². The van der Waals surface area contributed by atoms with E-state index in [0.717, 1.165) is 25.3 Å². The van der Waals surface area contributed by atoms with Gasteiger partial charge in [-0.2, -0.15) is 4.31 Å². The maximum Gasteiger partial charge on any atom is 0.312 e. The van der Waals surface area contributed by atoms with Crippen LogP contribution in [0.2, 0.25) is 0 Å². The molecule has 3 rings (SSSR count). The van der Waals surface area contributed by atoms with Crippen molar-refractivity contribution in [1.82, 2.24) is 9.21 Å². The number of carbonyl (C=O) groups excluding carboxylic acids is 1. The van der Waals surface area contributed by atoms with Crippen molar-refractivity contribution in [2.45, 2.75) is 24.2 Å². The van der Waals surface area contributed by atoms with Crippen molar-refractivity contribution in [3.05, 3.63) is 28.3 Å². The number of methoxy groups -OCH3 is 1. The number of sulfonamides is 1. The lowest BCUT2D eigenvalue weighted by Crippen LogP contribution is -2.52. The molecule has 1 saturated carbocycles. The number of amides is 1. The van der Waals surface area contributed by atoms with Gasteiger partial charge < -0.3 is 9.64 Å². The highest BCUT2D eigenvalue weighted by molar-refractivity contribution is 7.89. The molecule has 1 saturated heterocycles. The Hall–Kier alpha value is -2.20. The third kappa shape index (κ3) is 3.38. The molecule has 10 heteroatoms. The summed E-state index contributed by atoms with van der Waals surface area (Å²) in [6.07, 6.45) is 2.89. The molecule has 0 spiro atoms. The Balaban J connectivity index is 1.74. The minimum atomic E-state index is -3.87. The fourth-order valence-electron chi connectivity index (χ4n) is 3.18. The first-order valence-corrected chi connectivity index (χ1v) is 9.90. The molecule has 9 nitrogen and oxygen atoms in total. The Labute approximate surface area is 151 Å². The van der Waals surface area contributed by atoms with Gasteiger partial charge in [-0.05, 0) is 25.0 Å². The quantitative estimate of drug-likeness (QED) is 0.559. The molecule has 2 aliphatic rings. The smallest absolute Gasteiger partial charge is 0.312 e. The number of carbonyl (C=O) groups is 1. The monoisotopic (exact) mass is 383 g/mol. The number of hydrogen-bond donors (Lipinski definition) is 0. The Morgan fingerprint density at radius 3 is 2.38 bits per heavy atom. The van der Waals surface area contributed by atoms with E-state index in [1.165, 1.54) is 23.5 Å². The van der Waals surface area contributed by atoms with E-state index in [1.807, 2.05) is 0 Å². The molecule has 1 aliphatic heterocycles. The first-order chi connectivity index (χ1) is 12.3. The van der Waals surface area contributed by atoms with Crippen LogP contribution in [0.3, 0.4) is 0 Å². The normalized spacial score (nSPS) is 19.0. The largest absolute Gasteiger partial charge is 0.490 e. The maximum atomic E-state index is 12.8. The van der Waals surface area contributed by atoms with Gasteiger partial charge in [0.1, 0.15) is 0 Å². The van der Waals surface area contributed by atoms with Gasteiger partial charge in [0.15, 0.2) is 5.75 Å². The molecule has 142 valence electrons. The van der Waals surface area contributed by atoms with Crippen molar-refractivity contribution in [1.29, 1.82) is 0 Å². The highest BCUT2D eigenvalue weighted by Crippen LogP contribution is 2.31. The number of nitrogens with zero attached hydrogens (tertiary/aromatic N) is 3. The molecular weight excluding hydrogens is 362 g/mol. The number of piperazine rings is 1. The molecule has 1 aliphatic carbocycles. The zero-order chi connectivity index (χ0) is 18.9. The van der Waals surface area contributed by atoms with E-state index in [2.05, 4.69) is 0 Å². The van der Waals surface area contributed by atoms with Crippen LogP contribution >= 0.6 is 0 Å². The minimum Gasteiger partial charge on any atom is -0.490 e. The lowest BCUT2D eigenvalue weighted by atomic mass is 9.84. The number of nitro benzene ring substituents is 1. The van der Waals surface area contributed by atoms with Gasteiger partial charge >= 0.3 is 5.69 Å². The van der Waals surface area contributed by atoms with E-state index >= 15 is 0 Å². The van der Waals surface area contributed by atoms with E-state index in [0.29, 0.717) is 13.1 Å². The lowest BCUT2D eigenvalue weighted by Gasteiger charge is -2.37. The zero-order valence-electron chi connectivity index (χ0n) is 14.5. The van der Waals surface area contributed by atoms with Gasteiger partial charge in [0, 0.05) is 38.2 Å². The molecule has 1 aromatic rings. The zero-order valence-corrected chi connectivity index (χ0v) is 15.3.